The first-order chi connectivity index (χ1) is 9.79. The maximum atomic E-state index is 11.9. The van der Waals surface area contributed by atoms with Gasteiger partial charge in [-0.1, -0.05) is 30.4 Å². The molecule has 1 unspecified atom stereocenters. The van der Waals surface area contributed by atoms with Crippen LogP contribution in [0.5, 0.6) is 0 Å². The number of hydrogen-bond acceptors (Lipinski definition) is 3. The van der Waals surface area contributed by atoms with E-state index in [1.165, 1.54) is 13.1 Å². The van der Waals surface area contributed by atoms with Crippen molar-refractivity contribution in [3.05, 3.63) is 47.0 Å². The monoisotopic (exact) mass is 291 g/mol. The Hall–Kier alpha value is -2.30. The van der Waals surface area contributed by atoms with Crippen molar-refractivity contribution in [3.63, 3.8) is 0 Å². The average Bonchev–Trinajstić information content (AvgIpc) is 2.38. The zero-order chi connectivity index (χ0) is 16.2. The van der Waals surface area contributed by atoms with E-state index >= 15 is 0 Å². The molecule has 0 saturated heterocycles. The van der Waals surface area contributed by atoms with Crippen molar-refractivity contribution in [2.75, 3.05) is 13.7 Å². The number of aliphatic carboxylic acids is 1. The third kappa shape index (κ3) is 3.84. The summed E-state index contributed by atoms with van der Waals surface area (Å²) in [6, 6.07) is 2.73. The molecule has 1 amide bonds. The standard InChI is InChI=1S/C16H21NO4/c1-6-7-21-16(20)17(5)14(15(18)19)13-11(3)8-10(2)9-12(13)4/h6,8-9,14H,1,7H2,2-5H3,(H,18,19). The predicted molar refractivity (Wildman–Crippen MR) is 80.3 cm³/mol. The Bertz CT molecular complexity index is 542. The van der Waals surface area contributed by atoms with Gasteiger partial charge >= 0.3 is 12.1 Å². The number of rotatable bonds is 5. The van der Waals surface area contributed by atoms with Crippen molar-refractivity contribution in [2.45, 2.75) is 26.8 Å². The number of nitrogens with zero attached hydrogens (tertiary/aromatic N) is 1. The lowest BCUT2D eigenvalue weighted by Crippen LogP contribution is -2.37. The maximum absolute atomic E-state index is 11.9. The van der Waals surface area contributed by atoms with E-state index in [-0.39, 0.29) is 6.61 Å². The first-order valence-electron chi connectivity index (χ1n) is 6.60. The fraction of sp³-hybridized carbons (Fsp3) is 0.375. The number of carbonyl (C=O) groups excluding carboxylic acids is 1. The fourth-order valence-electron chi connectivity index (χ4n) is 2.44. The Balaban J connectivity index is 3.22. The van der Waals surface area contributed by atoms with E-state index in [1.807, 2.05) is 32.9 Å². The summed E-state index contributed by atoms with van der Waals surface area (Å²) in [5.41, 5.74) is 3.34. The van der Waals surface area contributed by atoms with Gasteiger partial charge in [-0.2, -0.15) is 0 Å². The minimum absolute atomic E-state index is 0.0430. The highest BCUT2D eigenvalue weighted by molar-refractivity contribution is 5.82. The van der Waals surface area contributed by atoms with Gasteiger partial charge in [0, 0.05) is 7.05 Å². The van der Waals surface area contributed by atoms with Crippen LogP contribution in [0, 0.1) is 20.8 Å². The molecule has 0 aliphatic rings. The van der Waals surface area contributed by atoms with Gasteiger partial charge in [-0.15, -0.1) is 0 Å². The number of aryl methyl sites for hydroxylation is 3. The van der Waals surface area contributed by atoms with E-state index in [0.717, 1.165) is 21.6 Å². The summed E-state index contributed by atoms with van der Waals surface area (Å²) in [5, 5.41) is 9.52. The SMILES string of the molecule is C=CCOC(=O)N(C)C(C(=O)O)c1c(C)cc(C)cc1C. The highest BCUT2D eigenvalue weighted by atomic mass is 16.6. The van der Waals surface area contributed by atoms with Crippen molar-refractivity contribution >= 4 is 12.1 Å². The first kappa shape index (κ1) is 16.8. The third-order valence-electron chi connectivity index (χ3n) is 3.25. The topological polar surface area (TPSA) is 66.8 Å². The molecule has 5 heteroatoms. The largest absolute Gasteiger partial charge is 0.479 e. The smallest absolute Gasteiger partial charge is 0.410 e. The van der Waals surface area contributed by atoms with Crippen LogP contribution in [0.25, 0.3) is 0 Å². The van der Waals surface area contributed by atoms with Crippen LogP contribution in [0.4, 0.5) is 4.79 Å². The summed E-state index contributed by atoms with van der Waals surface area (Å²) < 4.78 is 4.91. The molecule has 1 atom stereocenters. The minimum Gasteiger partial charge on any atom is -0.479 e. The van der Waals surface area contributed by atoms with Crippen LogP contribution >= 0.6 is 0 Å². The molecule has 0 fully saturated rings. The summed E-state index contributed by atoms with van der Waals surface area (Å²) in [7, 11) is 1.42. The van der Waals surface area contributed by atoms with Crippen LogP contribution in [-0.4, -0.2) is 35.7 Å². The zero-order valence-electron chi connectivity index (χ0n) is 12.8. The van der Waals surface area contributed by atoms with Gasteiger partial charge in [0.2, 0.25) is 0 Å². The molecule has 0 aliphatic carbocycles. The Labute approximate surface area is 124 Å². The molecule has 0 aliphatic heterocycles. The van der Waals surface area contributed by atoms with Gasteiger partial charge in [-0.3, -0.25) is 4.90 Å². The van der Waals surface area contributed by atoms with Crippen molar-refractivity contribution in [2.24, 2.45) is 0 Å². The molecule has 21 heavy (non-hydrogen) atoms. The van der Waals surface area contributed by atoms with E-state index < -0.39 is 18.1 Å². The summed E-state index contributed by atoms with van der Waals surface area (Å²) >= 11 is 0. The third-order valence-corrected chi connectivity index (χ3v) is 3.25. The van der Waals surface area contributed by atoms with Crippen LogP contribution in [0.1, 0.15) is 28.3 Å². The Morgan fingerprint density at radius 2 is 1.86 bits per heavy atom. The Morgan fingerprint density at radius 3 is 2.29 bits per heavy atom. The molecule has 1 aromatic carbocycles. The van der Waals surface area contributed by atoms with Crippen molar-refractivity contribution < 1.29 is 19.4 Å². The normalized spacial score (nSPS) is 11.6. The molecule has 5 nitrogen and oxygen atoms in total. The number of hydrogen-bond donors (Lipinski definition) is 1. The Kier molecular flexibility index (Phi) is 5.52. The zero-order valence-corrected chi connectivity index (χ0v) is 12.8. The van der Waals surface area contributed by atoms with Crippen molar-refractivity contribution in [1.82, 2.24) is 4.90 Å². The molecular formula is C16H21NO4. The minimum atomic E-state index is -1.09. The molecule has 0 bridgehead atoms. The quantitative estimate of drug-likeness (QED) is 0.847. The Morgan fingerprint density at radius 1 is 1.33 bits per heavy atom. The number of carboxylic acid groups (broad SMARTS) is 1. The lowest BCUT2D eigenvalue weighted by molar-refractivity contribution is -0.142. The van der Waals surface area contributed by atoms with Gasteiger partial charge in [-0.25, -0.2) is 9.59 Å². The van der Waals surface area contributed by atoms with Crippen LogP contribution in [0.2, 0.25) is 0 Å². The highest BCUT2D eigenvalue weighted by Gasteiger charge is 2.31. The number of carboxylic acids is 1. The second-order valence-corrected chi connectivity index (χ2v) is 5.03. The van der Waals surface area contributed by atoms with Crippen LogP contribution in [0.3, 0.4) is 0 Å². The molecule has 0 heterocycles. The average molecular weight is 291 g/mol. The molecule has 0 saturated carbocycles. The summed E-state index contributed by atoms with van der Waals surface area (Å²) in [6.07, 6.45) is 0.742. The molecule has 1 aromatic rings. The van der Waals surface area contributed by atoms with Crippen molar-refractivity contribution in [1.29, 1.82) is 0 Å². The molecule has 0 aromatic heterocycles. The lowest BCUT2D eigenvalue weighted by atomic mass is 9.93. The number of likely N-dealkylation sites (N-methyl/N-ethyl adjacent to an activating group) is 1. The number of carbonyl (C=O) groups is 2. The van der Waals surface area contributed by atoms with E-state index in [0.29, 0.717) is 5.56 Å². The van der Waals surface area contributed by atoms with Crippen LogP contribution in [-0.2, 0) is 9.53 Å². The van der Waals surface area contributed by atoms with Gasteiger partial charge in [0.1, 0.15) is 6.61 Å². The van der Waals surface area contributed by atoms with Crippen molar-refractivity contribution in [3.8, 4) is 0 Å². The van der Waals surface area contributed by atoms with Crippen LogP contribution < -0.4 is 0 Å². The van der Waals surface area contributed by atoms with Gasteiger partial charge < -0.3 is 9.84 Å². The molecule has 1 N–H and O–H groups in total. The molecule has 0 spiro atoms. The lowest BCUT2D eigenvalue weighted by Gasteiger charge is -2.27. The summed E-state index contributed by atoms with van der Waals surface area (Å²) in [4.78, 5) is 24.6. The van der Waals surface area contributed by atoms with Gasteiger partial charge in [-0.05, 0) is 37.5 Å². The molecule has 114 valence electrons. The number of amides is 1. The number of ether oxygens (including phenoxy) is 1. The van der Waals surface area contributed by atoms with E-state index in [2.05, 4.69) is 6.58 Å². The number of benzene rings is 1. The van der Waals surface area contributed by atoms with E-state index in [1.54, 1.807) is 0 Å². The molecule has 1 rings (SSSR count). The van der Waals surface area contributed by atoms with Crippen LogP contribution in [0.15, 0.2) is 24.8 Å². The fourth-order valence-corrected chi connectivity index (χ4v) is 2.44. The second kappa shape index (κ2) is 6.92. The summed E-state index contributed by atoms with van der Waals surface area (Å²) in [5.74, 6) is -1.09. The van der Waals surface area contributed by atoms with Gasteiger partial charge in [0.15, 0.2) is 6.04 Å². The predicted octanol–water partition coefficient (Wildman–Crippen LogP) is 2.99. The van der Waals surface area contributed by atoms with Gasteiger partial charge in [0.05, 0.1) is 0 Å². The molecular weight excluding hydrogens is 270 g/mol. The molecule has 0 radical (unpaired) electrons. The highest BCUT2D eigenvalue weighted by Crippen LogP contribution is 2.28. The summed E-state index contributed by atoms with van der Waals surface area (Å²) in [6.45, 7) is 9.13. The van der Waals surface area contributed by atoms with Gasteiger partial charge in [0.25, 0.3) is 0 Å². The second-order valence-electron chi connectivity index (χ2n) is 5.03. The van der Waals surface area contributed by atoms with E-state index in [4.69, 9.17) is 4.74 Å². The maximum Gasteiger partial charge on any atom is 0.410 e. The first-order valence-corrected chi connectivity index (χ1v) is 6.60. The van der Waals surface area contributed by atoms with E-state index in [9.17, 15) is 14.7 Å².